The van der Waals surface area contributed by atoms with Crippen LogP contribution in [0.15, 0.2) is 0 Å². The zero-order valence-corrected chi connectivity index (χ0v) is 11.6. The van der Waals surface area contributed by atoms with Gasteiger partial charge in [0.1, 0.15) is 11.4 Å². The van der Waals surface area contributed by atoms with Crippen LogP contribution in [-0.2, 0) is 10.3 Å². The number of nitrogens with two attached hydrogens (primary N) is 1. The molecule has 1 aromatic rings. The molecular weight excluding hydrogens is 240 g/mol. The molecule has 19 heavy (non-hydrogen) atoms. The van der Waals surface area contributed by atoms with Crippen LogP contribution in [0.4, 0.5) is 5.95 Å². The number of anilines is 1. The van der Waals surface area contributed by atoms with Crippen LogP contribution in [0.25, 0.3) is 0 Å². The second kappa shape index (κ2) is 5.04. The van der Waals surface area contributed by atoms with E-state index in [9.17, 15) is 0 Å². The Bertz CT molecular complexity index is 451. The molecule has 2 fully saturated rings. The van der Waals surface area contributed by atoms with Crippen molar-refractivity contribution < 1.29 is 4.74 Å². The zero-order chi connectivity index (χ0) is 13.3. The molecule has 1 heterocycles. The van der Waals surface area contributed by atoms with E-state index in [1.807, 2.05) is 0 Å². The molecule has 0 atom stereocenters. The monoisotopic (exact) mass is 262 g/mol. The Labute approximate surface area is 114 Å². The zero-order valence-electron chi connectivity index (χ0n) is 11.6. The Hall–Kier alpha value is -1.23. The molecule has 0 unspecified atom stereocenters. The lowest BCUT2D eigenvalue weighted by Crippen LogP contribution is -2.29. The predicted molar refractivity (Wildman–Crippen MR) is 72.6 cm³/mol. The molecule has 0 aliphatic heterocycles. The molecule has 2 N–H and O–H groups in total. The number of ether oxygens (including phenoxy) is 1. The van der Waals surface area contributed by atoms with Crippen molar-refractivity contribution in [1.29, 1.82) is 0 Å². The SMILES string of the molecule is COC1(c2nc(N)nc(C3CCCC3)n2)CCCC1. The van der Waals surface area contributed by atoms with Gasteiger partial charge in [-0.3, -0.25) is 0 Å². The van der Waals surface area contributed by atoms with Crippen molar-refractivity contribution in [1.82, 2.24) is 15.0 Å². The van der Waals surface area contributed by atoms with E-state index in [2.05, 4.69) is 9.97 Å². The van der Waals surface area contributed by atoms with Gasteiger partial charge in [-0.25, -0.2) is 4.98 Å². The Morgan fingerprint density at radius 3 is 2.37 bits per heavy atom. The summed E-state index contributed by atoms with van der Waals surface area (Å²) in [5.74, 6) is 2.43. The largest absolute Gasteiger partial charge is 0.370 e. The van der Waals surface area contributed by atoms with Gasteiger partial charge in [0.05, 0.1) is 0 Å². The van der Waals surface area contributed by atoms with E-state index in [1.54, 1.807) is 7.11 Å². The number of nitrogen functional groups attached to an aromatic ring is 1. The molecule has 0 spiro atoms. The summed E-state index contributed by atoms with van der Waals surface area (Å²) < 4.78 is 5.75. The van der Waals surface area contributed by atoms with Gasteiger partial charge in [0.2, 0.25) is 5.95 Å². The van der Waals surface area contributed by atoms with Crippen LogP contribution in [-0.4, -0.2) is 22.1 Å². The van der Waals surface area contributed by atoms with Gasteiger partial charge in [-0.05, 0) is 38.5 Å². The van der Waals surface area contributed by atoms with Crippen molar-refractivity contribution in [2.24, 2.45) is 0 Å². The molecular formula is C14H22N4O. The van der Waals surface area contributed by atoms with Gasteiger partial charge in [0.15, 0.2) is 5.82 Å². The minimum atomic E-state index is -0.329. The maximum atomic E-state index is 5.89. The van der Waals surface area contributed by atoms with Crippen molar-refractivity contribution in [3.63, 3.8) is 0 Å². The molecule has 0 aromatic carbocycles. The van der Waals surface area contributed by atoms with Crippen LogP contribution in [0, 0.1) is 0 Å². The molecule has 5 nitrogen and oxygen atoms in total. The van der Waals surface area contributed by atoms with Gasteiger partial charge in [0, 0.05) is 13.0 Å². The van der Waals surface area contributed by atoms with Gasteiger partial charge < -0.3 is 10.5 Å². The van der Waals surface area contributed by atoms with Gasteiger partial charge in [0.25, 0.3) is 0 Å². The second-order valence-electron chi connectivity index (χ2n) is 5.76. The summed E-state index contributed by atoms with van der Waals surface area (Å²) in [5.41, 5.74) is 5.56. The Morgan fingerprint density at radius 1 is 1.05 bits per heavy atom. The van der Waals surface area contributed by atoms with Gasteiger partial charge >= 0.3 is 0 Å². The van der Waals surface area contributed by atoms with Crippen LogP contribution in [0.2, 0.25) is 0 Å². The summed E-state index contributed by atoms with van der Waals surface area (Å²) in [7, 11) is 1.75. The maximum Gasteiger partial charge on any atom is 0.223 e. The number of hydrogen-bond acceptors (Lipinski definition) is 5. The standard InChI is InChI=1S/C14H22N4O/c1-19-14(8-4-5-9-14)12-16-11(17-13(15)18-12)10-6-2-3-7-10/h10H,2-9H2,1H3,(H2,15,16,17,18). The van der Waals surface area contributed by atoms with E-state index < -0.39 is 0 Å². The van der Waals surface area contributed by atoms with E-state index >= 15 is 0 Å². The Kier molecular flexibility index (Phi) is 3.39. The van der Waals surface area contributed by atoms with Crippen molar-refractivity contribution in [3.05, 3.63) is 11.6 Å². The van der Waals surface area contributed by atoms with Crippen LogP contribution in [0.1, 0.15) is 68.9 Å². The van der Waals surface area contributed by atoms with Gasteiger partial charge in [-0.1, -0.05) is 12.8 Å². The Morgan fingerprint density at radius 2 is 1.74 bits per heavy atom. The summed E-state index contributed by atoms with van der Waals surface area (Å²) in [6.07, 6.45) is 9.16. The van der Waals surface area contributed by atoms with Crippen LogP contribution in [0.3, 0.4) is 0 Å². The number of methoxy groups -OCH3 is 1. The summed E-state index contributed by atoms with van der Waals surface area (Å²) in [4.78, 5) is 13.4. The highest BCUT2D eigenvalue weighted by atomic mass is 16.5. The molecule has 2 saturated carbocycles. The third kappa shape index (κ3) is 2.31. The fourth-order valence-electron chi connectivity index (χ4n) is 3.44. The van der Waals surface area contributed by atoms with Gasteiger partial charge in [-0.2, -0.15) is 9.97 Å². The first kappa shape index (κ1) is 12.8. The van der Waals surface area contributed by atoms with E-state index in [0.717, 1.165) is 37.3 Å². The molecule has 3 rings (SSSR count). The summed E-state index contributed by atoms with van der Waals surface area (Å²) in [6.45, 7) is 0. The average molecular weight is 262 g/mol. The highest BCUT2D eigenvalue weighted by Gasteiger charge is 2.39. The van der Waals surface area contributed by atoms with Gasteiger partial charge in [-0.15, -0.1) is 0 Å². The predicted octanol–water partition coefficient (Wildman–Crippen LogP) is 2.53. The lowest BCUT2D eigenvalue weighted by atomic mass is 10.0. The van der Waals surface area contributed by atoms with E-state index in [0.29, 0.717) is 11.9 Å². The fourth-order valence-corrected chi connectivity index (χ4v) is 3.44. The molecule has 0 saturated heterocycles. The van der Waals surface area contributed by atoms with Crippen molar-refractivity contribution in [2.45, 2.75) is 62.9 Å². The lowest BCUT2D eigenvalue weighted by molar-refractivity contribution is -0.0166. The van der Waals surface area contributed by atoms with E-state index in [-0.39, 0.29) is 5.60 Å². The summed E-state index contributed by atoms with van der Waals surface area (Å²) >= 11 is 0. The van der Waals surface area contributed by atoms with E-state index in [4.69, 9.17) is 15.5 Å². The second-order valence-corrected chi connectivity index (χ2v) is 5.76. The highest BCUT2D eigenvalue weighted by Crippen LogP contribution is 2.41. The number of aromatic nitrogens is 3. The smallest absolute Gasteiger partial charge is 0.223 e. The minimum absolute atomic E-state index is 0.329. The summed E-state index contributed by atoms with van der Waals surface area (Å²) in [6, 6.07) is 0. The third-order valence-corrected chi connectivity index (χ3v) is 4.60. The topological polar surface area (TPSA) is 73.9 Å². The normalized spacial score (nSPS) is 23.0. The molecule has 2 aliphatic carbocycles. The first-order valence-electron chi connectivity index (χ1n) is 7.30. The lowest BCUT2D eigenvalue weighted by Gasteiger charge is -2.26. The molecule has 0 amide bonds. The number of nitrogens with zero attached hydrogens (tertiary/aromatic N) is 3. The summed E-state index contributed by atoms with van der Waals surface area (Å²) in [5, 5.41) is 0. The third-order valence-electron chi connectivity index (χ3n) is 4.60. The molecule has 5 heteroatoms. The molecule has 0 bridgehead atoms. The first-order chi connectivity index (χ1) is 9.23. The molecule has 1 aromatic heterocycles. The maximum absolute atomic E-state index is 5.89. The van der Waals surface area contributed by atoms with Crippen molar-refractivity contribution in [2.75, 3.05) is 12.8 Å². The first-order valence-corrected chi connectivity index (χ1v) is 7.30. The number of hydrogen-bond donors (Lipinski definition) is 1. The Balaban J connectivity index is 1.96. The molecule has 2 aliphatic rings. The van der Waals surface area contributed by atoms with Crippen molar-refractivity contribution >= 4 is 5.95 Å². The number of rotatable bonds is 3. The molecule has 104 valence electrons. The van der Waals surface area contributed by atoms with Crippen LogP contribution in [0.5, 0.6) is 0 Å². The van der Waals surface area contributed by atoms with Crippen LogP contribution < -0.4 is 5.73 Å². The van der Waals surface area contributed by atoms with Crippen molar-refractivity contribution in [3.8, 4) is 0 Å². The average Bonchev–Trinajstić information content (AvgIpc) is 3.10. The fraction of sp³-hybridized carbons (Fsp3) is 0.786. The van der Waals surface area contributed by atoms with E-state index in [1.165, 1.54) is 25.7 Å². The molecule has 0 radical (unpaired) electrons. The highest BCUT2D eigenvalue weighted by molar-refractivity contribution is 5.21. The quantitative estimate of drug-likeness (QED) is 0.906. The minimum Gasteiger partial charge on any atom is -0.370 e. The van der Waals surface area contributed by atoms with Crippen LogP contribution >= 0.6 is 0 Å².